The number of hydrogen-bond acceptors (Lipinski definition) is 6. The molecule has 0 bridgehead atoms. The average Bonchev–Trinajstić information content (AvgIpc) is 3.03. The van der Waals surface area contributed by atoms with Crippen LogP contribution in [-0.2, 0) is 16.1 Å². The van der Waals surface area contributed by atoms with E-state index in [0.717, 1.165) is 0 Å². The smallest absolute Gasteiger partial charge is 0.316 e. The molecule has 0 aromatic carbocycles. The minimum Gasteiger partial charge on any atom is -0.468 e. The third kappa shape index (κ3) is 2.56. The molecule has 0 saturated heterocycles. The first-order valence-corrected chi connectivity index (χ1v) is 6.41. The number of nitrogens with zero attached hydrogens (tertiary/aromatic N) is 3. The number of hydrogen-bond donors (Lipinski definition) is 0. The van der Waals surface area contributed by atoms with Crippen LogP contribution >= 0.6 is 11.8 Å². The number of esters is 1. The van der Waals surface area contributed by atoms with E-state index in [1.54, 1.807) is 12.3 Å². The van der Waals surface area contributed by atoms with E-state index in [4.69, 9.17) is 4.42 Å². The van der Waals surface area contributed by atoms with E-state index in [1.165, 1.54) is 18.9 Å². The Morgan fingerprint density at radius 3 is 3.00 bits per heavy atom. The zero-order chi connectivity index (χ0) is 13.0. The zero-order valence-corrected chi connectivity index (χ0v) is 10.9. The van der Waals surface area contributed by atoms with Gasteiger partial charge < -0.3 is 9.15 Å². The molecule has 96 valence electrons. The van der Waals surface area contributed by atoms with Crippen molar-refractivity contribution in [2.45, 2.75) is 18.6 Å². The van der Waals surface area contributed by atoms with Crippen LogP contribution < -0.4 is 0 Å². The predicted octanol–water partition coefficient (Wildman–Crippen LogP) is 1.82. The van der Waals surface area contributed by atoms with E-state index >= 15 is 0 Å². The van der Waals surface area contributed by atoms with Crippen molar-refractivity contribution in [2.75, 3.05) is 12.9 Å². The fourth-order valence-electron chi connectivity index (χ4n) is 1.45. The molecule has 0 amide bonds. The largest absolute Gasteiger partial charge is 0.468 e. The van der Waals surface area contributed by atoms with Gasteiger partial charge in [-0.05, 0) is 19.1 Å². The molecule has 0 unspecified atom stereocenters. The number of thioether (sulfide) groups is 1. The van der Waals surface area contributed by atoms with Gasteiger partial charge in [0.2, 0.25) is 0 Å². The van der Waals surface area contributed by atoms with Crippen LogP contribution in [0.1, 0.15) is 6.92 Å². The Morgan fingerprint density at radius 1 is 1.56 bits per heavy atom. The van der Waals surface area contributed by atoms with E-state index in [2.05, 4.69) is 14.9 Å². The van der Waals surface area contributed by atoms with Crippen LogP contribution in [-0.4, -0.2) is 33.6 Å². The fraction of sp³-hybridized carbons (Fsp3) is 0.364. The number of carbonyl (C=O) groups excluding carboxylic acids is 1. The van der Waals surface area contributed by atoms with Gasteiger partial charge in [0.1, 0.15) is 0 Å². The molecular weight excluding hydrogens is 254 g/mol. The van der Waals surface area contributed by atoms with Crippen molar-refractivity contribution >= 4 is 17.7 Å². The van der Waals surface area contributed by atoms with Crippen molar-refractivity contribution in [3.8, 4) is 11.6 Å². The van der Waals surface area contributed by atoms with Gasteiger partial charge in [-0.3, -0.25) is 9.36 Å². The van der Waals surface area contributed by atoms with Gasteiger partial charge in [-0.2, -0.15) is 0 Å². The standard InChI is InChI=1S/C11H13N3O3S/c1-3-14-10(8-5-4-6-17-8)12-13-11(14)18-7-9(15)16-2/h4-6H,3,7H2,1-2H3. The van der Waals surface area contributed by atoms with Gasteiger partial charge >= 0.3 is 5.97 Å². The molecule has 0 fully saturated rings. The maximum absolute atomic E-state index is 11.1. The van der Waals surface area contributed by atoms with Crippen LogP contribution in [0.25, 0.3) is 11.6 Å². The van der Waals surface area contributed by atoms with Crippen molar-refractivity contribution < 1.29 is 13.9 Å². The molecule has 0 spiro atoms. The molecule has 0 aliphatic rings. The van der Waals surface area contributed by atoms with Crippen LogP contribution in [0.4, 0.5) is 0 Å². The maximum Gasteiger partial charge on any atom is 0.316 e. The summed E-state index contributed by atoms with van der Waals surface area (Å²) >= 11 is 1.30. The van der Waals surface area contributed by atoms with E-state index in [9.17, 15) is 4.79 Å². The normalized spacial score (nSPS) is 10.6. The summed E-state index contributed by atoms with van der Waals surface area (Å²) in [6.07, 6.45) is 1.59. The maximum atomic E-state index is 11.1. The van der Waals surface area contributed by atoms with Crippen LogP contribution in [0, 0.1) is 0 Å². The zero-order valence-electron chi connectivity index (χ0n) is 10.1. The first-order valence-electron chi connectivity index (χ1n) is 5.43. The molecule has 0 atom stereocenters. The summed E-state index contributed by atoms with van der Waals surface area (Å²) in [7, 11) is 1.36. The summed E-state index contributed by atoms with van der Waals surface area (Å²) in [5, 5.41) is 8.81. The second-order valence-corrected chi connectivity index (χ2v) is 4.34. The van der Waals surface area contributed by atoms with Crippen molar-refractivity contribution in [3.63, 3.8) is 0 Å². The monoisotopic (exact) mass is 267 g/mol. The molecule has 0 saturated carbocycles. The minimum absolute atomic E-state index is 0.215. The lowest BCUT2D eigenvalue weighted by atomic mass is 10.4. The molecule has 2 aromatic heterocycles. The molecule has 18 heavy (non-hydrogen) atoms. The number of rotatable bonds is 5. The number of furan rings is 1. The number of methoxy groups -OCH3 is 1. The fourth-order valence-corrected chi connectivity index (χ4v) is 2.29. The summed E-state index contributed by atoms with van der Waals surface area (Å²) in [6, 6.07) is 3.62. The number of carbonyl (C=O) groups is 1. The highest BCUT2D eigenvalue weighted by atomic mass is 32.2. The summed E-state index contributed by atoms with van der Waals surface area (Å²) in [5.41, 5.74) is 0. The second kappa shape index (κ2) is 5.72. The van der Waals surface area contributed by atoms with Crippen LogP contribution in [0.3, 0.4) is 0 Å². The Balaban J connectivity index is 2.20. The molecule has 6 nitrogen and oxygen atoms in total. The van der Waals surface area contributed by atoms with E-state index in [-0.39, 0.29) is 11.7 Å². The summed E-state index contributed by atoms with van der Waals surface area (Å²) in [4.78, 5) is 11.1. The lowest BCUT2D eigenvalue weighted by Gasteiger charge is -2.04. The van der Waals surface area contributed by atoms with Crippen molar-refractivity contribution in [3.05, 3.63) is 18.4 Å². The third-order valence-corrected chi connectivity index (χ3v) is 3.26. The third-order valence-electron chi connectivity index (χ3n) is 2.32. The second-order valence-electron chi connectivity index (χ2n) is 3.39. The Hall–Kier alpha value is -1.76. The van der Waals surface area contributed by atoms with E-state index in [0.29, 0.717) is 23.3 Å². The van der Waals surface area contributed by atoms with Gasteiger partial charge in [-0.1, -0.05) is 11.8 Å². The van der Waals surface area contributed by atoms with Crippen LogP contribution in [0.5, 0.6) is 0 Å². The molecule has 2 aromatic rings. The molecule has 2 heterocycles. The van der Waals surface area contributed by atoms with Gasteiger partial charge in [0, 0.05) is 6.54 Å². The molecule has 7 heteroatoms. The van der Waals surface area contributed by atoms with Crippen molar-refractivity contribution in [2.24, 2.45) is 0 Å². The van der Waals surface area contributed by atoms with Gasteiger partial charge in [-0.25, -0.2) is 0 Å². The number of aromatic nitrogens is 3. The molecule has 0 N–H and O–H groups in total. The Morgan fingerprint density at radius 2 is 2.39 bits per heavy atom. The summed E-state index contributed by atoms with van der Waals surface area (Å²) in [6.45, 7) is 2.69. The van der Waals surface area contributed by atoms with E-state index in [1.807, 2.05) is 17.6 Å². The highest BCUT2D eigenvalue weighted by molar-refractivity contribution is 7.99. The van der Waals surface area contributed by atoms with Gasteiger partial charge in [0.25, 0.3) is 0 Å². The lowest BCUT2D eigenvalue weighted by molar-refractivity contribution is -0.137. The number of ether oxygens (including phenoxy) is 1. The van der Waals surface area contributed by atoms with Gasteiger partial charge in [0.15, 0.2) is 16.7 Å². The highest BCUT2D eigenvalue weighted by Gasteiger charge is 2.16. The topological polar surface area (TPSA) is 70.2 Å². The minimum atomic E-state index is -0.287. The SMILES string of the molecule is CCn1c(SCC(=O)OC)nnc1-c1ccco1. The molecule has 0 radical (unpaired) electrons. The summed E-state index contributed by atoms with van der Waals surface area (Å²) < 4.78 is 11.8. The predicted molar refractivity (Wildman–Crippen MR) is 66.1 cm³/mol. The van der Waals surface area contributed by atoms with Crippen LogP contribution in [0.15, 0.2) is 28.0 Å². The highest BCUT2D eigenvalue weighted by Crippen LogP contribution is 2.24. The van der Waals surface area contributed by atoms with Crippen molar-refractivity contribution in [1.82, 2.24) is 14.8 Å². The average molecular weight is 267 g/mol. The Kier molecular flexibility index (Phi) is 4.03. The van der Waals surface area contributed by atoms with E-state index < -0.39 is 0 Å². The quantitative estimate of drug-likeness (QED) is 0.608. The Labute approximate surface area is 108 Å². The molecule has 0 aliphatic heterocycles. The molecule has 2 rings (SSSR count). The van der Waals surface area contributed by atoms with Crippen LogP contribution in [0.2, 0.25) is 0 Å². The van der Waals surface area contributed by atoms with Gasteiger partial charge in [-0.15, -0.1) is 10.2 Å². The van der Waals surface area contributed by atoms with Gasteiger partial charge in [0.05, 0.1) is 19.1 Å². The summed E-state index contributed by atoms with van der Waals surface area (Å²) in [5.74, 6) is 1.25. The first-order chi connectivity index (χ1) is 8.76. The van der Waals surface area contributed by atoms with Crippen molar-refractivity contribution in [1.29, 1.82) is 0 Å². The molecular formula is C11H13N3O3S. The Bertz CT molecular complexity index is 522. The lowest BCUT2D eigenvalue weighted by Crippen LogP contribution is -2.05. The first kappa shape index (κ1) is 12.7. The molecule has 0 aliphatic carbocycles.